The molecule has 0 amide bonds. The van der Waals surface area contributed by atoms with Crippen molar-refractivity contribution in [3.8, 4) is 11.2 Å². The van der Waals surface area contributed by atoms with E-state index in [1.54, 1.807) is 19.2 Å². The number of aliphatic imine (C=N–C) groups is 1. The van der Waals surface area contributed by atoms with Gasteiger partial charge in [0.25, 0.3) is 10.4 Å². The maximum Gasteiger partial charge on any atom is 0.342 e. The molecule has 1 heterocycles. The van der Waals surface area contributed by atoms with E-state index in [9.17, 15) is 10.4 Å². The van der Waals surface area contributed by atoms with E-state index < -0.39 is 10.4 Å². The lowest BCUT2D eigenvalue weighted by atomic mass is 10.3. The molecule has 0 spiro atoms. The lowest BCUT2D eigenvalue weighted by Gasteiger charge is -2.33. The third-order valence-electron chi connectivity index (χ3n) is 3.71. The van der Waals surface area contributed by atoms with Gasteiger partial charge < -0.3 is 15.7 Å². The van der Waals surface area contributed by atoms with E-state index in [1.165, 1.54) is 0 Å². The molecule has 0 aliphatic carbocycles. The molecular weight excluding hydrogens is 356 g/mol. The summed E-state index contributed by atoms with van der Waals surface area (Å²) in [5.41, 5.74) is 6.11. The minimum absolute atomic E-state index is 0.0996. The Morgan fingerprint density at radius 1 is 1.20 bits per heavy atom. The smallest absolute Gasteiger partial charge is 0.342 e. The number of quaternary nitrogens is 1. The lowest BCUT2D eigenvalue weighted by Crippen LogP contribution is -2.60. The van der Waals surface area contributed by atoms with Gasteiger partial charge in [-0.25, -0.2) is 0 Å². The molecule has 0 aromatic heterocycles. The third-order valence-corrected chi connectivity index (χ3v) is 6.04. The summed E-state index contributed by atoms with van der Waals surface area (Å²) in [7, 11) is 1.68. The summed E-state index contributed by atoms with van der Waals surface area (Å²) in [5, 5.41) is 20.0. The first-order valence-electron chi connectivity index (χ1n) is 7.46. The van der Waals surface area contributed by atoms with Gasteiger partial charge in [0.05, 0.1) is 0 Å². The van der Waals surface area contributed by atoms with Crippen LogP contribution in [0.15, 0.2) is 70.6 Å². The average molecular weight is 373 g/mol. The zero-order chi connectivity index (χ0) is 17.9. The van der Waals surface area contributed by atoms with Gasteiger partial charge in [0.15, 0.2) is 5.75 Å². The summed E-state index contributed by atoms with van der Waals surface area (Å²) in [6, 6.07) is 18.5. The Morgan fingerprint density at radius 2 is 1.80 bits per heavy atom. The summed E-state index contributed by atoms with van der Waals surface area (Å²) >= 11 is 2.02. The van der Waals surface area contributed by atoms with Crippen molar-refractivity contribution in [2.75, 3.05) is 7.05 Å². The van der Waals surface area contributed by atoms with E-state index in [0.29, 0.717) is 5.75 Å². The van der Waals surface area contributed by atoms with Crippen LogP contribution in [0.3, 0.4) is 0 Å². The van der Waals surface area contributed by atoms with Crippen LogP contribution in [0, 0.1) is 10.7 Å². The van der Waals surface area contributed by atoms with Gasteiger partial charge in [-0.3, -0.25) is 0 Å². The number of nitrogens with zero attached hydrogens (tertiary/aromatic N) is 3. The highest BCUT2D eigenvalue weighted by Gasteiger charge is 2.62. The number of hydroxylamine groups is 3. The second-order valence-corrected chi connectivity index (χ2v) is 7.64. The molecule has 6 nitrogen and oxygen atoms in total. The van der Waals surface area contributed by atoms with Crippen LogP contribution in [0.1, 0.15) is 0 Å². The van der Waals surface area contributed by atoms with Gasteiger partial charge in [-0.1, -0.05) is 52.8 Å². The van der Waals surface area contributed by atoms with Gasteiger partial charge in [0.1, 0.15) is 12.4 Å². The van der Waals surface area contributed by atoms with Crippen LogP contribution in [-0.4, -0.2) is 33.2 Å². The molecule has 2 aromatic carbocycles. The number of nitriles is 1. The molecular formula is C17H17N4O2S2+. The van der Waals surface area contributed by atoms with Crippen LogP contribution >= 0.6 is 23.5 Å². The molecule has 0 saturated carbocycles. The number of nitrogens with two attached hydrogens (primary N) is 1. The Bertz CT molecular complexity index is 812. The number of thioether (sulfide) groups is 2. The van der Waals surface area contributed by atoms with E-state index in [0.717, 1.165) is 28.4 Å². The van der Waals surface area contributed by atoms with Crippen molar-refractivity contribution < 1.29 is 14.6 Å². The van der Waals surface area contributed by atoms with Gasteiger partial charge in [-0.2, -0.15) is 10.3 Å². The van der Waals surface area contributed by atoms with E-state index >= 15 is 0 Å². The molecule has 3 atom stereocenters. The van der Waals surface area contributed by atoms with Crippen molar-refractivity contribution >= 4 is 29.5 Å². The average Bonchev–Trinajstić information content (AvgIpc) is 2.77. The first-order chi connectivity index (χ1) is 12.0. The molecule has 3 N–H and O–H groups in total. The zero-order valence-electron chi connectivity index (χ0n) is 13.4. The predicted octanol–water partition coefficient (Wildman–Crippen LogP) is 2.73. The molecule has 3 rings (SSSR count). The largest absolute Gasteiger partial charge is 0.355 e. The van der Waals surface area contributed by atoms with Crippen LogP contribution in [-0.2, 0) is 0 Å². The quantitative estimate of drug-likeness (QED) is 0.476. The summed E-state index contributed by atoms with van der Waals surface area (Å²) in [4.78, 5) is 11.1. The van der Waals surface area contributed by atoms with E-state index in [1.807, 2.05) is 53.9 Å². The summed E-state index contributed by atoms with van der Waals surface area (Å²) in [6.07, 6.45) is 0. The van der Waals surface area contributed by atoms with E-state index in [-0.39, 0.29) is 10.6 Å². The number of aliphatic hydroxyl groups is 1. The summed E-state index contributed by atoms with van der Waals surface area (Å²) in [6.45, 7) is 0. The van der Waals surface area contributed by atoms with Crippen molar-refractivity contribution in [2.24, 2.45) is 10.7 Å². The minimum Gasteiger partial charge on any atom is -0.355 e. The monoisotopic (exact) mass is 373 g/mol. The Hall–Kier alpha value is -2.18. The van der Waals surface area contributed by atoms with Gasteiger partial charge in [0.2, 0.25) is 0 Å². The lowest BCUT2D eigenvalue weighted by molar-refractivity contribution is -0.996. The highest BCUT2D eigenvalue weighted by molar-refractivity contribution is 8.06. The number of guanidine groups is 1. The first-order valence-corrected chi connectivity index (χ1v) is 9.15. The van der Waals surface area contributed by atoms with E-state index in [4.69, 9.17) is 10.6 Å². The molecule has 0 radical (unpaired) electrons. The van der Waals surface area contributed by atoms with Crippen LogP contribution < -0.4 is 10.6 Å². The maximum absolute atomic E-state index is 11.1. The molecule has 2 aromatic rings. The molecule has 8 heteroatoms. The Morgan fingerprint density at radius 3 is 2.40 bits per heavy atom. The zero-order valence-corrected chi connectivity index (χ0v) is 15.1. The number of para-hydroxylation sites is 1. The molecule has 0 saturated heterocycles. The third kappa shape index (κ3) is 3.45. The number of rotatable bonds is 5. The molecule has 128 valence electrons. The van der Waals surface area contributed by atoms with Gasteiger partial charge in [-0.15, -0.1) is 0 Å². The van der Waals surface area contributed by atoms with Crippen LogP contribution in [0.4, 0.5) is 0 Å². The number of thiocyanates is 1. The second-order valence-electron chi connectivity index (χ2n) is 5.50. The maximum atomic E-state index is 11.1. The van der Waals surface area contributed by atoms with Crippen molar-refractivity contribution in [3.05, 3.63) is 60.7 Å². The SMILES string of the molecule is C[N+]1(Oc2ccccc2)C(N)=NC(O)(Sc2ccccc2)C1SC#N. The van der Waals surface area contributed by atoms with Crippen molar-refractivity contribution in [1.82, 2.24) is 0 Å². The number of benzene rings is 2. The summed E-state index contributed by atoms with van der Waals surface area (Å²) < 4.78 is -0.321. The molecule has 3 unspecified atom stereocenters. The minimum atomic E-state index is -1.63. The number of hydrogen-bond donors (Lipinski definition) is 2. The fourth-order valence-electron chi connectivity index (χ4n) is 2.52. The Kier molecular flexibility index (Phi) is 4.92. The Labute approximate surface area is 154 Å². The summed E-state index contributed by atoms with van der Waals surface area (Å²) in [5.74, 6) is 0.670. The normalized spacial score (nSPS) is 28.2. The standard InChI is InChI=1S/C17H17N4O2S2/c1-21(23-13-8-4-2-5-9-13)15(24-12-18)17(22,20-16(21)19)25-14-10-6-3-7-11-14/h2-11,15,22H,1H3,(H2,19,20)/q+1. The highest BCUT2D eigenvalue weighted by Crippen LogP contribution is 2.47. The second kappa shape index (κ2) is 6.98. The first kappa shape index (κ1) is 17.6. The van der Waals surface area contributed by atoms with Gasteiger partial charge in [0, 0.05) is 16.7 Å². The van der Waals surface area contributed by atoms with E-state index in [2.05, 4.69) is 4.99 Å². The van der Waals surface area contributed by atoms with Crippen molar-refractivity contribution in [1.29, 1.82) is 5.26 Å². The number of likely N-dealkylation sites (N-methyl/N-ethyl adjacent to an activating group) is 1. The molecule has 25 heavy (non-hydrogen) atoms. The molecule has 1 aliphatic rings. The predicted molar refractivity (Wildman–Crippen MR) is 99.1 cm³/mol. The fourth-order valence-corrected chi connectivity index (χ4v) is 4.55. The molecule has 0 bridgehead atoms. The topological polar surface area (TPSA) is 91.6 Å². The van der Waals surface area contributed by atoms with Crippen molar-refractivity contribution in [2.45, 2.75) is 15.3 Å². The fraction of sp³-hybridized carbons (Fsp3) is 0.176. The van der Waals surface area contributed by atoms with Gasteiger partial charge in [-0.05, 0) is 24.3 Å². The van der Waals surface area contributed by atoms with Crippen LogP contribution in [0.25, 0.3) is 0 Å². The molecule has 0 fully saturated rings. The van der Waals surface area contributed by atoms with Gasteiger partial charge >= 0.3 is 5.96 Å². The van der Waals surface area contributed by atoms with Crippen LogP contribution in [0.2, 0.25) is 0 Å². The number of hydrogen-bond acceptors (Lipinski definition) is 7. The van der Waals surface area contributed by atoms with Crippen LogP contribution in [0.5, 0.6) is 5.75 Å². The Balaban J connectivity index is 1.95. The highest BCUT2D eigenvalue weighted by atomic mass is 32.2. The molecule has 1 aliphatic heterocycles. The van der Waals surface area contributed by atoms with Crippen molar-refractivity contribution in [3.63, 3.8) is 0 Å².